The number of halogens is 3. The van der Waals surface area contributed by atoms with E-state index in [9.17, 15) is 22.8 Å². The summed E-state index contributed by atoms with van der Waals surface area (Å²) >= 11 is 0. The summed E-state index contributed by atoms with van der Waals surface area (Å²) in [5, 5.41) is 0. The number of benzene rings is 1. The minimum absolute atomic E-state index is 0.0115. The SMILES string of the molecule is CCOC(=O)c1cc(OC(F)(F)F)ccc1CCC(=O)OC. The molecule has 0 saturated carbocycles. The molecule has 0 radical (unpaired) electrons. The Labute approximate surface area is 125 Å². The van der Waals surface area contributed by atoms with Crippen LogP contribution in [0.4, 0.5) is 13.2 Å². The summed E-state index contributed by atoms with van der Waals surface area (Å²) in [6.45, 7) is 1.64. The van der Waals surface area contributed by atoms with Gasteiger partial charge in [0.15, 0.2) is 0 Å². The van der Waals surface area contributed by atoms with E-state index in [2.05, 4.69) is 9.47 Å². The molecule has 0 bridgehead atoms. The van der Waals surface area contributed by atoms with Gasteiger partial charge in [0.25, 0.3) is 0 Å². The summed E-state index contributed by atoms with van der Waals surface area (Å²) < 4.78 is 49.7. The molecule has 0 heterocycles. The van der Waals surface area contributed by atoms with E-state index in [0.29, 0.717) is 5.56 Å². The molecule has 5 nitrogen and oxygen atoms in total. The number of methoxy groups -OCH3 is 1. The molecule has 0 fully saturated rings. The molecule has 1 aromatic carbocycles. The summed E-state index contributed by atoms with van der Waals surface area (Å²) in [5.41, 5.74) is 0.297. The number of carbonyl (C=O) groups is 2. The molecule has 0 saturated heterocycles. The molecule has 122 valence electrons. The zero-order chi connectivity index (χ0) is 16.8. The number of hydrogen-bond donors (Lipinski definition) is 0. The maximum atomic E-state index is 12.2. The number of rotatable bonds is 6. The van der Waals surface area contributed by atoms with Gasteiger partial charge in [0.05, 0.1) is 19.3 Å². The lowest BCUT2D eigenvalue weighted by Gasteiger charge is -2.13. The Balaban J connectivity index is 3.04. The molecule has 0 amide bonds. The van der Waals surface area contributed by atoms with Gasteiger partial charge in [-0.25, -0.2) is 4.79 Å². The Morgan fingerprint density at radius 3 is 2.45 bits per heavy atom. The van der Waals surface area contributed by atoms with Gasteiger partial charge >= 0.3 is 18.3 Å². The molecule has 0 atom stereocenters. The maximum Gasteiger partial charge on any atom is 0.573 e. The Kier molecular flexibility index (Phi) is 6.21. The molecule has 8 heteroatoms. The molecular formula is C14H15F3O5. The van der Waals surface area contributed by atoms with Gasteiger partial charge in [0.2, 0.25) is 0 Å². The third-order valence-corrected chi connectivity index (χ3v) is 2.64. The van der Waals surface area contributed by atoms with Gasteiger partial charge in [0.1, 0.15) is 5.75 Å². The van der Waals surface area contributed by atoms with E-state index in [-0.39, 0.29) is 25.0 Å². The molecule has 1 aromatic rings. The zero-order valence-electron chi connectivity index (χ0n) is 12.0. The van der Waals surface area contributed by atoms with Crippen molar-refractivity contribution in [3.8, 4) is 5.75 Å². The van der Waals surface area contributed by atoms with Crippen molar-refractivity contribution in [3.63, 3.8) is 0 Å². The summed E-state index contributed by atoms with van der Waals surface area (Å²) in [6, 6.07) is 3.30. The Morgan fingerprint density at radius 2 is 1.91 bits per heavy atom. The molecule has 0 N–H and O–H groups in total. The van der Waals surface area contributed by atoms with Gasteiger partial charge in [-0.1, -0.05) is 6.07 Å². The molecule has 22 heavy (non-hydrogen) atoms. The first-order valence-electron chi connectivity index (χ1n) is 6.39. The highest BCUT2D eigenvalue weighted by atomic mass is 19.4. The van der Waals surface area contributed by atoms with Crippen LogP contribution in [0.5, 0.6) is 5.75 Å². The van der Waals surface area contributed by atoms with Crippen LogP contribution >= 0.6 is 0 Å². The minimum Gasteiger partial charge on any atom is -0.469 e. The topological polar surface area (TPSA) is 61.8 Å². The van der Waals surface area contributed by atoms with Gasteiger partial charge in [-0.15, -0.1) is 13.2 Å². The van der Waals surface area contributed by atoms with Gasteiger partial charge in [-0.3, -0.25) is 4.79 Å². The van der Waals surface area contributed by atoms with Crippen molar-refractivity contribution in [1.29, 1.82) is 0 Å². The fourth-order valence-electron chi connectivity index (χ4n) is 1.71. The number of hydrogen-bond acceptors (Lipinski definition) is 5. The molecule has 0 aliphatic heterocycles. The average molecular weight is 320 g/mol. The Morgan fingerprint density at radius 1 is 1.23 bits per heavy atom. The van der Waals surface area contributed by atoms with Crippen LogP contribution in [-0.2, 0) is 20.7 Å². The lowest BCUT2D eigenvalue weighted by molar-refractivity contribution is -0.274. The number of ether oxygens (including phenoxy) is 3. The van der Waals surface area contributed by atoms with Crippen molar-refractivity contribution in [2.24, 2.45) is 0 Å². The van der Waals surface area contributed by atoms with Gasteiger partial charge < -0.3 is 14.2 Å². The maximum absolute atomic E-state index is 12.2. The second-order valence-corrected chi connectivity index (χ2v) is 4.16. The van der Waals surface area contributed by atoms with Crippen LogP contribution in [0.15, 0.2) is 18.2 Å². The van der Waals surface area contributed by atoms with Crippen LogP contribution < -0.4 is 4.74 Å². The fourth-order valence-corrected chi connectivity index (χ4v) is 1.71. The molecule has 0 aromatic heterocycles. The van der Waals surface area contributed by atoms with Gasteiger partial charge in [-0.2, -0.15) is 0 Å². The first-order chi connectivity index (χ1) is 10.3. The predicted octanol–water partition coefficient (Wildman–Crippen LogP) is 2.87. The van der Waals surface area contributed by atoms with E-state index in [1.165, 1.54) is 13.2 Å². The van der Waals surface area contributed by atoms with Crippen molar-refractivity contribution in [1.82, 2.24) is 0 Å². The van der Waals surface area contributed by atoms with Crippen LogP contribution in [0.1, 0.15) is 29.3 Å². The molecule has 0 aliphatic carbocycles. The summed E-state index contributed by atoms with van der Waals surface area (Å²) in [4.78, 5) is 23.0. The van der Waals surface area contributed by atoms with E-state index in [0.717, 1.165) is 12.1 Å². The number of esters is 2. The van der Waals surface area contributed by atoms with Gasteiger partial charge in [-0.05, 0) is 31.0 Å². The highest BCUT2D eigenvalue weighted by molar-refractivity contribution is 5.91. The van der Waals surface area contributed by atoms with Crippen LogP contribution in [-0.4, -0.2) is 32.0 Å². The van der Waals surface area contributed by atoms with Crippen molar-refractivity contribution < 1.29 is 37.0 Å². The quantitative estimate of drug-likeness (QED) is 0.754. The Hall–Kier alpha value is -2.25. The highest BCUT2D eigenvalue weighted by Gasteiger charge is 2.31. The largest absolute Gasteiger partial charge is 0.573 e. The van der Waals surface area contributed by atoms with Crippen molar-refractivity contribution in [2.75, 3.05) is 13.7 Å². The van der Waals surface area contributed by atoms with Crippen LogP contribution in [0.2, 0.25) is 0 Å². The van der Waals surface area contributed by atoms with Crippen molar-refractivity contribution in [3.05, 3.63) is 29.3 Å². The monoisotopic (exact) mass is 320 g/mol. The molecule has 1 rings (SSSR count). The van der Waals surface area contributed by atoms with Crippen molar-refractivity contribution in [2.45, 2.75) is 26.1 Å². The smallest absolute Gasteiger partial charge is 0.469 e. The van der Waals surface area contributed by atoms with E-state index in [1.54, 1.807) is 6.92 Å². The summed E-state index contributed by atoms with van der Waals surface area (Å²) in [6.07, 6.45) is -4.74. The van der Waals surface area contributed by atoms with E-state index in [1.807, 2.05) is 0 Å². The van der Waals surface area contributed by atoms with Crippen LogP contribution in [0.25, 0.3) is 0 Å². The van der Waals surface area contributed by atoms with Crippen LogP contribution in [0, 0.1) is 0 Å². The normalized spacial score (nSPS) is 11.0. The first-order valence-corrected chi connectivity index (χ1v) is 6.39. The minimum atomic E-state index is -4.86. The van der Waals surface area contributed by atoms with Crippen molar-refractivity contribution >= 4 is 11.9 Å². The number of alkyl halides is 3. The lowest BCUT2D eigenvalue weighted by Crippen LogP contribution is -2.18. The number of carbonyl (C=O) groups excluding carboxylic acids is 2. The van der Waals surface area contributed by atoms with Crippen LogP contribution in [0.3, 0.4) is 0 Å². The second-order valence-electron chi connectivity index (χ2n) is 4.16. The lowest BCUT2D eigenvalue weighted by atomic mass is 10.0. The molecular weight excluding hydrogens is 305 g/mol. The molecule has 0 unspecified atom stereocenters. The standard InChI is InChI=1S/C14H15F3O5/c1-3-21-13(19)11-8-10(22-14(15,16)17)6-4-9(11)5-7-12(18)20-2/h4,6,8H,3,5,7H2,1-2H3. The zero-order valence-corrected chi connectivity index (χ0v) is 12.0. The first kappa shape index (κ1) is 17.8. The molecule has 0 aliphatic rings. The van der Waals surface area contributed by atoms with Gasteiger partial charge in [0, 0.05) is 6.42 Å². The highest BCUT2D eigenvalue weighted by Crippen LogP contribution is 2.26. The summed E-state index contributed by atoms with van der Waals surface area (Å²) in [7, 11) is 1.22. The molecule has 0 spiro atoms. The number of aryl methyl sites for hydroxylation is 1. The summed E-state index contributed by atoms with van der Waals surface area (Å²) in [5.74, 6) is -1.81. The Bertz CT molecular complexity index is 540. The van der Waals surface area contributed by atoms with E-state index < -0.39 is 24.1 Å². The van der Waals surface area contributed by atoms with E-state index in [4.69, 9.17) is 4.74 Å². The second kappa shape index (κ2) is 7.67. The van der Waals surface area contributed by atoms with E-state index >= 15 is 0 Å². The average Bonchev–Trinajstić information content (AvgIpc) is 2.44. The third-order valence-electron chi connectivity index (χ3n) is 2.64. The predicted molar refractivity (Wildman–Crippen MR) is 69.4 cm³/mol. The fraction of sp³-hybridized carbons (Fsp3) is 0.429. The third kappa shape index (κ3) is 5.63.